The second-order valence-corrected chi connectivity index (χ2v) is 14.8. The van der Waals surface area contributed by atoms with Gasteiger partial charge in [0.15, 0.2) is 0 Å². The third-order valence-corrected chi connectivity index (χ3v) is 11.4. The quantitative estimate of drug-likeness (QED) is 0.155. The highest BCUT2D eigenvalue weighted by Gasteiger charge is 2.28. The Balaban J connectivity index is 1.21. The van der Waals surface area contributed by atoms with Gasteiger partial charge in [-0.1, -0.05) is 152 Å². The van der Waals surface area contributed by atoms with Crippen molar-refractivity contribution in [1.29, 1.82) is 0 Å². The van der Waals surface area contributed by atoms with E-state index in [1.165, 1.54) is 16.7 Å². The molecule has 8 aromatic carbocycles. The minimum Gasteiger partial charge on any atom is -0.456 e. The van der Waals surface area contributed by atoms with Gasteiger partial charge in [-0.3, -0.25) is 0 Å². The van der Waals surface area contributed by atoms with E-state index in [0.717, 1.165) is 99.9 Å². The molecule has 4 heteroatoms. The van der Waals surface area contributed by atoms with Gasteiger partial charge in [-0.05, 0) is 77.2 Å². The van der Waals surface area contributed by atoms with Crippen molar-refractivity contribution in [1.82, 2.24) is 0 Å². The van der Waals surface area contributed by atoms with Crippen LogP contribution in [0.5, 0.6) is 0 Å². The van der Waals surface area contributed by atoms with Gasteiger partial charge in [0.25, 0.3) is 0 Å². The molecule has 0 amide bonds. The van der Waals surface area contributed by atoms with E-state index in [0.29, 0.717) is 0 Å². The molecular weight excluding hydrogens is 723 g/mol. The lowest BCUT2D eigenvalue weighted by Crippen LogP contribution is -2.11. The smallest absolute Gasteiger partial charge is 0.149 e. The van der Waals surface area contributed by atoms with Gasteiger partial charge in [-0.2, -0.15) is 0 Å². The monoisotopic (exact) mass is 759 g/mol. The van der Waals surface area contributed by atoms with E-state index >= 15 is 0 Å². The molecule has 0 aliphatic rings. The molecule has 0 unspecified atom stereocenters. The number of nitrogens with zero attached hydrogens (tertiary/aromatic N) is 1. The van der Waals surface area contributed by atoms with E-state index in [1.807, 2.05) is 37.3 Å². The summed E-state index contributed by atoms with van der Waals surface area (Å²) in [6.07, 6.45) is 5.88. The number of allylic oxidation sites excluding steroid dienone is 1. The SMILES string of the molecule is C=Cc1oc2ccc3oc4cc(N(c5ccc(-c6ccccc6)cc5)c5ccccc5-c5ccc(-c6ccccc6)cc5)c5c6ccccc6oc5c4c3c2c1/C=C\C. The topological polar surface area (TPSA) is 42.7 Å². The summed E-state index contributed by atoms with van der Waals surface area (Å²) in [7, 11) is 0. The zero-order valence-corrected chi connectivity index (χ0v) is 32.4. The van der Waals surface area contributed by atoms with Crippen molar-refractivity contribution in [3.63, 3.8) is 0 Å². The van der Waals surface area contributed by atoms with E-state index in [2.05, 4.69) is 169 Å². The highest BCUT2D eigenvalue weighted by atomic mass is 16.3. The molecule has 0 saturated heterocycles. The number of hydrogen-bond acceptors (Lipinski definition) is 4. The predicted molar refractivity (Wildman–Crippen MR) is 247 cm³/mol. The van der Waals surface area contributed by atoms with E-state index < -0.39 is 0 Å². The van der Waals surface area contributed by atoms with Crippen LogP contribution in [0.4, 0.5) is 17.1 Å². The second kappa shape index (κ2) is 14.0. The largest absolute Gasteiger partial charge is 0.456 e. The van der Waals surface area contributed by atoms with Gasteiger partial charge in [0.1, 0.15) is 33.7 Å². The number of hydrogen-bond donors (Lipinski definition) is 0. The molecule has 4 nitrogen and oxygen atoms in total. The van der Waals surface area contributed by atoms with Crippen molar-refractivity contribution >= 4 is 84.1 Å². The molecule has 0 aliphatic carbocycles. The van der Waals surface area contributed by atoms with Crippen LogP contribution in [-0.4, -0.2) is 0 Å². The average molecular weight is 760 g/mol. The van der Waals surface area contributed by atoms with Crippen LogP contribution in [0.3, 0.4) is 0 Å². The molecule has 0 radical (unpaired) electrons. The third-order valence-electron chi connectivity index (χ3n) is 11.4. The summed E-state index contributed by atoms with van der Waals surface area (Å²) < 4.78 is 20.2. The van der Waals surface area contributed by atoms with Gasteiger partial charge in [-0.15, -0.1) is 0 Å². The molecule has 0 N–H and O–H groups in total. The molecule has 0 atom stereocenters. The lowest BCUT2D eigenvalue weighted by Gasteiger charge is -2.29. The fourth-order valence-corrected chi connectivity index (χ4v) is 8.73. The number of anilines is 3. The van der Waals surface area contributed by atoms with Crippen molar-refractivity contribution in [3.8, 4) is 33.4 Å². The fraction of sp³-hybridized carbons (Fsp3) is 0.0182. The van der Waals surface area contributed by atoms with Crippen LogP contribution in [0.1, 0.15) is 18.2 Å². The second-order valence-electron chi connectivity index (χ2n) is 14.8. The van der Waals surface area contributed by atoms with Crippen molar-refractivity contribution in [2.75, 3.05) is 4.90 Å². The zero-order valence-electron chi connectivity index (χ0n) is 32.4. The van der Waals surface area contributed by atoms with Gasteiger partial charge in [0, 0.05) is 39.0 Å². The maximum absolute atomic E-state index is 6.97. The number of rotatable bonds is 8. The first-order chi connectivity index (χ1) is 29.2. The van der Waals surface area contributed by atoms with Crippen molar-refractivity contribution < 1.29 is 13.3 Å². The molecule has 11 aromatic rings. The summed E-state index contributed by atoms with van der Waals surface area (Å²) in [4.78, 5) is 2.36. The van der Waals surface area contributed by atoms with Crippen LogP contribution in [-0.2, 0) is 0 Å². The number of furan rings is 3. The highest BCUT2D eigenvalue weighted by molar-refractivity contribution is 6.31. The maximum atomic E-state index is 6.97. The number of para-hydroxylation sites is 2. The lowest BCUT2D eigenvalue weighted by molar-refractivity contribution is 0.603. The first-order valence-corrected chi connectivity index (χ1v) is 19.9. The Bertz CT molecular complexity index is 3380. The van der Waals surface area contributed by atoms with Gasteiger partial charge in [0.2, 0.25) is 0 Å². The molecule has 0 spiro atoms. The standard InChI is InChI=1S/C55H37NO3/c1-3-15-42-46(4-2)57-48-32-33-49-53(52(42)48)54-50(58-49)34-45(51-43-21-12-14-23-47(43)59-55(51)54)56(40-30-28-38(29-31-40)36-18-9-6-10-19-36)44-22-13-11-20-41(44)39-26-24-37(25-27-39)35-16-7-5-8-17-35/h3-34H,2H2,1H3/b15-3-. The predicted octanol–water partition coefficient (Wildman–Crippen LogP) is 16.4. The van der Waals surface area contributed by atoms with Gasteiger partial charge in [-0.25, -0.2) is 0 Å². The van der Waals surface area contributed by atoms with Crippen LogP contribution >= 0.6 is 0 Å². The first-order valence-electron chi connectivity index (χ1n) is 19.9. The number of fused-ring (bicyclic) bond motifs is 9. The van der Waals surface area contributed by atoms with E-state index in [-0.39, 0.29) is 0 Å². The van der Waals surface area contributed by atoms with Crippen LogP contribution < -0.4 is 4.90 Å². The Morgan fingerprint density at radius 2 is 1.05 bits per heavy atom. The molecule has 0 saturated carbocycles. The van der Waals surface area contributed by atoms with Gasteiger partial charge in [0.05, 0.1) is 22.1 Å². The fourth-order valence-electron chi connectivity index (χ4n) is 8.73. The molecule has 280 valence electrons. The summed E-state index contributed by atoms with van der Waals surface area (Å²) in [6.45, 7) is 6.07. The van der Waals surface area contributed by atoms with Crippen LogP contribution in [0.15, 0.2) is 202 Å². The van der Waals surface area contributed by atoms with E-state index in [9.17, 15) is 0 Å². The average Bonchev–Trinajstić information content (AvgIpc) is 3.99. The molecule has 0 fully saturated rings. The van der Waals surface area contributed by atoms with Crippen molar-refractivity contribution in [3.05, 3.63) is 200 Å². The minimum atomic E-state index is 0.718. The molecule has 0 bridgehead atoms. The maximum Gasteiger partial charge on any atom is 0.149 e. The zero-order chi connectivity index (χ0) is 39.5. The summed E-state index contributed by atoms with van der Waals surface area (Å²) in [5.74, 6) is 0.718. The highest BCUT2D eigenvalue weighted by Crippen LogP contribution is 2.51. The molecule has 11 rings (SSSR count). The van der Waals surface area contributed by atoms with Crippen molar-refractivity contribution in [2.45, 2.75) is 6.92 Å². The Labute approximate surface area is 341 Å². The Morgan fingerprint density at radius 1 is 0.458 bits per heavy atom. The van der Waals surface area contributed by atoms with Gasteiger partial charge >= 0.3 is 0 Å². The summed E-state index contributed by atoms with van der Waals surface area (Å²) >= 11 is 0. The van der Waals surface area contributed by atoms with Crippen LogP contribution in [0.2, 0.25) is 0 Å². The number of benzene rings is 8. The van der Waals surface area contributed by atoms with E-state index in [4.69, 9.17) is 13.3 Å². The Morgan fingerprint density at radius 3 is 1.75 bits per heavy atom. The normalized spacial score (nSPS) is 11.8. The lowest BCUT2D eigenvalue weighted by atomic mass is 9.97. The Kier molecular flexibility index (Phi) is 8.16. The molecule has 59 heavy (non-hydrogen) atoms. The van der Waals surface area contributed by atoms with Crippen LogP contribution in [0.25, 0.3) is 100 Å². The van der Waals surface area contributed by atoms with Crippen molar-refractivity contribution in [2.24, 2.45) is 0 Å². The van der Waals surface area contributed by atoms with E-state index in [1.54, 1.807) is 6.08 Å². The third kappa shape index (κ3) is 5.60. The van der Waals surface area contributed by atoms with Crippen LogP contribution in [0, 0.1) is 0 Å². The first kappa shape index (κ1) is 34.4. The Hall–Kier alpha value is -7.82. The molecule has 3 aromatic heterocycles. The molecular formula is C55H37NO3. The summed E-state index contributed by atoms with van der Waals surface area (Å²) in [6, 6.07) is 61.8. The molecule has 0 aliphatic heterocycles. The summed E-state index contributed by atoms with van der Waals surface area (Å²) in [5, 5.41) is 4.85. The summed E-state index contributed by atoms with van der Waals surface area (Å²) in [5.41, 5.74) is 14.6. The minimum absolute atomic E-state index is 0.718. The van der Waals surface area contributed by atoms with Gasteiger partial charge < -0.3 is 18.2 Å². The molecule has 3 heterocycles.